The lowest BCUT2D eigenvalue weighted by Gasteiger charge is -2.05. The van der Waals surface area contributed by atoms with Crippen molar-refractivity contribution < 1.29 is 4.52 Å². The standard InChI is InChI=1S/C12H11ClN4O/c13-11-5-9(6-14)1-2-10(11)7-15-4-3-12-16-8-17-18-12/h1-2,5,8,15H,3-4,7H2. The molecule has 2 aromatic rings. The lowest BCUT2D eigenvalue weighted by atomic mass is 10.1. The van der Waals surface area contributed by atoms with Crippen LogP contribution in [0.2, 0.25) is 5.02 Å². The zero-order chi connectivity index (χ0) is 12.8. The van der Waals surface area contributed by atoms with Crippen molar-refractivity contribution in [2.24, 2.45) is 0 Å². The van der Waals surface area contributed by atoms with Gasteiger partial charge in [-0.05, 0) is 17.7 Å². The van der Waals surface area contributed by atoms with E-state index in [4.69, 9.17) is 21.4 Å². The van der Waals surface area contributed by atoms with Crippen LogP contribution in [0.3, 0.4) is 0 Å². The van der Waals surface area contributed by atoms with Crippen molar-refractivity contribution in [2.75, 3.05) is 6.54 Å². The van der Waals surface area contributed by atoms with Crippen LogP contribution in [0.15, 0.2) is 29.0 Å². The first kappa shape index (κ1) is 12.6. The van der Waals surface area contributed by atoms with E-state index in [1.54, 1.807) is 12.1 Å². The lowest BCUT2D eigenvalue weighted by molar-refractivity contribution is 0.375. The Morgan fingerprint density at radius 1 is 1.44 bits per heavy atom. The van der Waals surface area contributed by atoms with Gasteiger partial charge in [0.2, 0.25) is 5.89 Å². The van der Waals surface area contributed by atoms with Crippen molar-refractivity contribution in [3.63, 3.8) is 0 Å². The highest BCUT2D eigenvalue weighted by molar-refractivity contribution is 6.31. The number of aromatic nitrogens is 2. The normalized spacial score (nSPS) is 10.2. The number of halogens is 1. The maximum absolute atomic E-state index is 8.73. The number of nitrogens with one attached hydrogen (secondary N) is 1. The first-order valence-electron chi connectivity index (χ1n) is 5.44. The van der Waals surface area contributed by atoms with Crippen LogP contribution in [0, 0.1) is 11.3 Å². The van der Waals surface area contributed by atoms with Crippen LogP contribution >= 0.6 is 11.6 Å². The van der Waals surface area contributed by atoms with E-state index in [0.29, 0.717) is 29.4 Å². The monoisotopic (exact) mass is 262 g/mol. The summed E-state index contributed by atoms with van der Waals surface area (Å²) in [4.78, 5) is 3.92. The predicted octanol–water partition coefficient (Wildman–Crippen LogP) is 1.93. The summed E-state index contributed by atoms with van der Waals surface area (Å²) in [6.07, 6.45) is 2.06. The summed E-state index contributed by atoms with van der Waals surface area (Å²) in [6, 6.07) is 7.31. The lowest BCUT2D eigenvalue weighted by Crippen LogP contribution is -2.17. The summed E-state index contributed by atoms with van der Waals surface area (Å²) in [5.41, 5.74) is 1.52. The van der Waals surface area contributed by atoms with Crippen molar-refractivity contribution in [2.45, 2.75) is 13.0 Å². The van der Waals surface area contributed by atoms with Crippen molar-refractivity contribution in [3.8, 4) is 6.07 Å². The second kappa shape index (κ2) is 6.15. The van der Waals surface area contributed by atoms with Gasteiger partial charge in [0.1, 0.15) is 0 Å². The fraction of sp³-hybridized carbons (Fsp3) is 0.250. The van der Waals surface area contributed by atoms with Crippen LogP contribution in [0.25, 0.3) is 0 Å². The second-order valence-corrected chi connectivity index (χ2v) is 4.09. The van der Waals surface area contributed by atoms with E-state index in [0.717, 1.165) is 12.1 Å². The number of nitrogens with zero attached hydrogens (tertiary/aromatic N) is 3. The molecular formula is C12H11ClN4O. The van der Waals surface area contributed by atoms with E-state index >= 15 is 0 Å². The summed E-state index contributed by atoms with van der Waals surface area (Å²) in [7, 11) is 0. The summed E-state index contributed by atoms with van der Waals surface area (Å²) >= 11 is 6.05. The van der Waals surface area contributed by atoms with E-state index in [1.165, 1.54) is 6.33 Å². The number of rotatable bonds is 5. The van der Waals surface area contributed by atoms with Gasteiger partial charge in [0.05, 0.1) is 11.6 Å². The average molecular weight is 263 g/mol. The van der Waals surface area contributed by atoms with Gasteiger partial charge in [-0.15, -0.1) is 0 Å². The number of hydrogen-bond acceptors (Lipinski definition) is 5. The molecule has 1 aromatic carbocycles. The minimum absolute atomic E-state index is 0.564. The Hall–Kier alpha value is -1.90. The van der Waals surface area contributed by atoms with Gasteiger partial charge in [0.25, 0.3) is 0 Å². The Morgan fingerprint density at radius 3 is 3.00 bits per heavy atom. The molecule has 0 saturated heterocycles. The number of hydrogen-bond donors (Lipinski definition) is 1. The van der Waals surface area contributed by atoms with E-state index in [-0.39, 0.29) is 0 Å². The van der Waals surface area contributed by atoms with Crippen LogP contribution in [-0.2, 0) is 13.0 Å². The highest BCUT2D eigenvalue weighted by Crippen LogP contribution is 2.17. The second-order valence-electron chi connectivity index (χ2n) is 3.68. The largest absolute Gasteiger partial charge is 0.340 e. The first-order chi connectivity index (χ1) is 8.79. The van der Waals surface area contributed by atoms with Gasteiger partial charge in [-0.1, -0.05) is 22.8 Å². The van der Waals surface area contributed by atoms with Crippen LogP contribution in [0.1, 0.15) is 17.0 Å². The Labute approximate surface area is 109 Å². The molecule has 0 bridgehead atoms. The Morgan fingerprint density at radius 2 is 2.33 bits per heavy atom. The van der Waals surface area contributed by atoms with E-state index in [2.05, 4.69) is 15.5 Å². The van der Waals surface area contributed by atoms with Gasteiger partial charge in [0, 0.05) is 24.5 Å². The summed E-state index contributed by atoms with van der Waals surface area (Å²) < 4.78 is 4.88. The first-order valence-corrected chi connectivity index (χ1v) is 5.82. The van der Waals surface area contributed by atoms with Crippen LogP contribution in [-0.4, -0.2) is 16.7 Å². The minimum atomic E-state index is 0.564. The molecule has 2 rings (SSSR count). The molecule has 0 fully saturated rings. The molecule has 0 aliphatic rings. The van der Waals surface area contributed by atoms with Crippen molar-refractivity contribution in [1.82, 2.24) is 15.5 Å². The third-order valence-electron chi connectivity index (χ3n) is 2.42. The highest BCUT2D eigenvalue weighted by atomic mass is 35.5. The maximum Gasteiger partial charge on any atom is 0.227 e. The van der Waals surface area contributed by atoms with E-state index < -0.39 is 0 Å². The van der Waals surface area contributed by atoms with E-state index in [9.17, 15) is 0 Å². The van der Waals surface area contributed by atoms with Gasteiger partial charge in [0.15, 0.2) is 6.33 Å². The molecule has 1 aromatic heterocycles. The molecule has 0 spiro atoms. The third kappa shape index (κ3) is 3.29. The molecule has 6 heteroatoms. The van der Waals surface area contributed by atoms with Crippen LogP contribution in [0.5, 0.6) is 0 Å². The number of nitriles is 1. The Balaban J connectivity index is 1.82. The SMILES string of the molecule is N#Cc1ccc(CNCCc2ncno2)c(Cl)c1. The smallest absolute Gasteiger partial charge is 0.227 e. The zero-order valence-corrected chi connectivity index (χ0v) is 10.3. The molecule has 0 aliphatic carbocycles. The highest BCUT2D eigenvalue weighted by Gasteiger charge is 2.02. The quantitative estimate of drug-likeness (QED) is 0.834. The Kier molecular flexibility index (Phi) is 4.29. The third-order valence-corrected chi connectivity index (χ3v) is 2.77. The fourth-order valence-corrected chi connectivity index (χ4v) is 1.73. The fourth-order valence-electron chi connectivity index (χ4n) is 1.48. The molecule has 5 nitrogen and oxygen atoms in total. The zero-order valence-electron chi connectivity index (χ0n) is 9.56. The van der Waals surface area contributed by atoms with Gasteiger partial charge in [-0.2, -0.15) is 10.2 Å². The molecular weight excluding hydrogens is 252 g/mol. The summed E-state index contributed by atoms with van der Waals surface area (Å²) in [6.45, 7) is 1.36. The van der Waals surface area contributed by atoms with Crippen LogP contribution < -0.4 is 5.32 Å². The number of benzene rings is 1. The van der Waals surface area contributed by atoms with Crippen molar-refractivity contribution >= 4 is 11.6 Å². The molecule has 0 atom stereocenters. The van der Waals surface area contributed by atoms with Gasteiger partial charge < -0.3 is 9.84 Å². The maximum atomic E-state index is 8.73. The van der Waals surface area contributed by atoms with Gasteiger partial charge in [-0.25, -0.2) is 0 Å². The van der Waals surface area contributed by atoms with Gasteiger partial charge >= 0.3 is 0 Å². The molecule has 0 unspecified atom stereocenters. The van der Waals surface area contributed by atoms with Gasteiger partial charge in [-0.3, -0.25) is 0 Å². The molecule has 1 heterocycles. The van der Waals surface area contributed by atoms with Crippen molar-refractivity contribution in [3.05, 3.63) is 46.6 Å². The average Bonchev–Trinajstić information content (AvgIpc) is 2.89. The molecule has 18 heavy (non-hydrogen) atoms. The predicted molar refractivity (Wildman–Crippen MR) is 65.9 cm³/mol. The summed E-state index contributed by atoms with van der Waals surface area (Å²) in [5, 5.41) is 16.1. The van der Waals surface area contributed by atoms with Crippen molar-refractivity contribution in [1.29, 1.82) is 5.26 Å². The van der Waals surface area contributed by atoms with E-state index in [1.807, 2.05) is 12.1 Å². The molecule has 0 saturated carbocycles. The molecule has 0 amide bonds. The minimum Gasteiger partial charge on any atom is -0.340 e. The summed E-state index contributed by atoms with van der Waals surface area (Å²) in [5.74, 6) is 0.605. The molecule has 0 radical (unpaired) electrons. The molecule has 1 N–H and O–H groups in total. The van der Waals surface area contributed by atoms with Crippen LogP contribution in [0.4, 0.5) is 0 Å². The molecule has 92 valence electrons. The molecule has 0 aliphatic heterocycles. The topological polar surface area (TPSA) is 74.7 Å². The Bertz CT molecular complexity index is 548.